The minimum atomic E-state index is -4.51. The van der Waals surface area contributed by atoms with Crippen LogP contribution in [0.3, 0.4) is 0 Å². The number of hydrazine groups is 1. The molecule has 1 aromatic rings. The highest BCUT2D eigenvalue weighted by molar-refractivity contribution is 6.00. The second-order valence-corrected chi connectivity index (χ2v) is 5.43. The molecule has 0 aromatic heterocycles. The van der Waals surface area contributed by atoms with Crippen molar-refractivity contribution in [2.75, 3.05) is 12.5 Å². The molecule has 0 saturated carbocycles. The Morgan fingerprint density at radius 3 is 2.33 bits per heavy atom. The van der Waals surface area contributed by atoms with Crippen molar-refractivity contribution in [1.29, 1.82) is 0 Å². The molecule has 0 heterocycles. The predicted molar refractivity (Wildman–Crippen MR) is 75.7 cm³/mol. The van der Waals surface area contributed by atoms with E-state index in [-0.39, 0.29) is 11.3 Å². The SMILES string of the molecule is CCC(C)(C)N(C)C(=O)c1cc(C(F)(F)F)ccc1NN. The summed E-state index contributed by atoms with van der Waals surface area (Å²) in [6.07, 6.45) is -3.85. The smallest absolute Gasteiger partial charge is 0.337 e. The van der Waals surface area contributed by atoms with Gasteiger partial charge in [0.2, 0.25) is 0 Å². The van der Waals surface area contributed by atoms with E-state index in [4.69, 9.17) is 5.84 Å². The zero-order valence-corrected chi connectivity index (χ0v) is 12.5. The third kappa shape index (κ3) is 3.66. The number of nitrogen functional groups attached to an aromatic ring is 1. The summed E-state index contributed by atoms with van der Waals surface area (Å²) in [6, 6.07) is 2.86. The number of carbonyl (C=O) groups is 1. The monoisotopic (exact) mass is 303 g/mol. The molecule has 0 radical (unpaired) electrons. The van der Waals surface area contributed by atoms with Gasteiger partial charge in [0.05, 0.1) is 16.8 Å². The molecular weight excluding hydrogens is 283 g/mol. The number of nitrogens with two attached hydrogens (primary N) is 1. The molecule has 0 saturated heterocycles. The van der Waals surface area contributed by atoms with Crippen LogP contribution in [-0.4, -0.2) is 23.4 Å². The van der Waals surface area contributed by atoms with E-state index in [1.165, 1.54) is 4.90 Å². The van der Waals surface area contributed by atoms with Crippen LogP contribution in [-0.2, 0) is 6.18 Å². The molecule has 4 nitrogen and oxygen atoms in total. The molecule has 0 aliphatic rings. The van der Waals surface area contributed by atoms with E-state index < -0.39 is 23.2 Å². The second-order valence-electron chi connectivity index (χ2n) is 5.43. The molecule has 0 fully saturated rings. The van der Waals surface area contributed by atoms with E-state index in [0.29, 0.717) is 6.42 Å². The molecule has 1 aromatic carbocycles. The Bertz CT molecular complexity index is 527. The fourth-order valence-corrected chi connectivity index (χ4v) is 1.72. The average Bonchev–Trinajstić information content (AvgIpc) is 2.43. The van der Waals surface area contributed by atoms with Crippen molar-refractivity contribution in [3.8, 4) is 0 Å². The Balaban J connectivity index is 3.30. The van der Waals surface area contributed by atoms with Gasteiger partial charge in [-0.25, -0.2) is 0 Å². The van der Waals surface area contributed by atoms with Crippen LogP contribution in [0.4, 0.5) is 18.9 Å². The Kier molecular flexibility index (Phi) is 4.88. The number of nitrogens with zero attached hydrogens (tertiary/aromatic N) is 1. The first-order valence-corrected chi connectivity index (χ1v) is 6.50. The van der Waals surface area contributed by atoms with Gasteiger partial charge in [-0.1, -0.05) is 6.92 Å². The summed E-state index contributed by atoms with van der Waals surface area (Å²) < 4.78 is 38.4. The van der Waals surface area contributed by atoms with E-state index in [9.17, 15) is 18.0 Å². The summed E-state index contributed by atoms with van der Waals surface area (Å²) >= 11 is 0. The highest BCUT2D eigenvalue weighted by Crippen LogP contribution is 2.32. The number of nitrogens with one attached hydrogen (secondary N) is 1. The maximum Gasteiger partial charge on any atom is 0.416 e. The molecule has 118 valence electrons. The molecule has 0 bridgehead atoms. The van der Waals surface area contributed by atoms with Gasteiger partial charge in [0, 0.05) is 12.6 Å². The van der Waals surface area contributed by atoms with Crippen LogP contribution in [0.1, 0.15) is 43.1 Å². The molecule has 0 unspecified atom stereocenters. The number of benzene rings is 1. The molecule has 1 rings (SSSR count). The van der Waals surface area contributed by atoms with Crippen LogP contribution in [0.5, 0.6) is 0 Å². The van der Waals surface area contributed by atoms with Crippen LogP contribution >= 0.6 is 0 Å². The fraction of sp³-hybridized carbons (Fsp3) is 0.500. The number of hydrogen-bond donors (Lipinski definition) is 2. The van der Waals surface area contributed by atoms with E-state index in [1.807, 2.05) is 20.8 Å². The molecule has 0 atom stereocenters. The first kappa shape index (κ1) is 17.3. The lowest BCUT2D eigenvalue weighted by Crippen LogP contribution is -2.44. The van der Waals surface area contributed by atoms with Gasteiger partial charge in [-0.2, -0.15) is 13.2 Å². The van der Waals surface area contributed by atoms with Crippen LogP contribution in [0.2, 0.25) is 0 Å². The van der Waals surface area contributed by atoms with Crippen molar-refractivity contribution in [3.63, 3.8) is 0 Å². The molecular formula is C14H20F3N3O. The summed E-state index contributed by atoms with van der Waals surface area (Å²) in [4.78, 5) is 13.9. The number of amides is 1. The van der Waals surface area contributed by atoms with E-state index in [2.05, 4.69) is 5.43 Å². The van der Waals surface area contributed by atoms with Gasteiger partial charge < -0.3 is 10.3 Å². The molecule has 1 amide bonds. The fourth-order valence-electron chi connectivity index (χ4n) is 1.72. The largest absolute Gasteiger partial charge is 0.416 e. The highest BCUT2D eigenvalue weighted by Gasteiger charge is 2.33. The molecule has 7 heteroatoms. The van der Waals surface area contributed by atoms with Gasteiger partial charge in [-0.3, -0.25) is 10.6 Å². The molecule has 0 spiro atoms. The van der Waals surface area contributed by atoms with Crippen molar-refractivity contribution in [1.82, 2.24) is 4.90 Å². The number of carbonyl (C=O) groups excluding carboxylic acids is 1. The molecule has 21 heavy (non-hydrogen) atoms. The van der Waals surface area contributed by atoms with Crippen molar-refractivity contribution in [2.45, 2.75) is 38.9 Å². The van der Waals surface area contributed by atoms with Crippen molar-refractivity contribution < 1.29 is 18.0 Å². The number of hydrogen-bond acceptors (Lipinski definition) is 3. The van der Waals surface area contributed by atoms with E-state index >= 15 is 0 Å². The minimum absolute atomic E-state index is 0.101. The van der Waals surface area contributed by atoms with Gasteiger partial charge in [-0.15, -0.1) is 0 Å². The zero-order chi connectivity index (χ0) is 16.4. The summed E-state index contributed by atoms with van der Waals surface area (Å²) in [5.74, 6) is 4.77. The van der Waals surface area contributed by atoms with Crippen molar-refractivity contribution in [3.05, 3.63) is 29.3 Å². The second kappa shape index (κ2) is 5.93. The van der Waals surface area contributed by atoms with Gasteiger partial charge in [0.25, 0.3) is 5.91 Å². The lowest BCUT2D eigenvalue weighted by Gasteiger charge is -2.35. The highest BCUT2D eigenvalue weighted by atomic mass is 19.4. The Morgan fingerprint density at radius 1 is 1.33 bits per heavy atom. The number of alkyl halides is 3. The summed E-state index contributed by atoms with van der Waals surface area (Å²) in [5, 5.41) is 0. The zero-order valence-electron chi connectivity index (χ0n) is 12.5. The van der Waals surface area contributed by atoms with Crippen LogP contribution in [0.25, 0.3) is 0 Å². The topological polar surface area (TPSA) is 58.4 Å². The third-order valence-corrected chi connectivity index (χ3v) is 3.81. The normalized spacial score (nSPS) is 12.2. The van der Waals surface area contributed by atoms with Crippen molar-refractivity contribution in [2.24, 2.45) is 5.84 Å². The molecule has 0 aliphatic carbocycles. The lowest BCUT2D eigenvalue weighted by molar-refractivity contribution is -0.137. The molecule has 0 aliphatic heterocycles. The first-order chi connectivity index (χ1) is 9.54. The average molecular weight is 303 g/mol. The summed E-state index contributed by atoms with van der Waals surface area (Å²) in [7, 11) is 1.56. The quantitative estimate of drug-likeness (QED) is 0.663. The van der Waals surface area contributed by atoms with Crippen LogP contribution in [0.15, 0.2) is 18.2 Å². The van der Waals surface area contributed by atoms with Gasteiger partial charge in [0.15, 0.2) is 0 Å². The maximum absolute atomic E-state index is 12.8. The molecule has 3 N–H and O–H groups in total. The Morgan fingerprint density at radius 2 is 1.90 bits per heavy atom. The summed E-state index contributed by atoms with van der Waals surface area (Å²) in [5.41, 5.74) is 0.966. The maximum atomic E-state index is 12.8. The first-order valence-electron chi connectivity index (χ1n) is 6.50. The van der Waals surface area contributed by atoms with E-state index in [0.717, 1.165) is 18.2 Å². The Hall–Kier alpha value is -1.76. The lowest BCUT2D eigenvalue weighted by atomic mass is 9.98. The van der Waals surface area contributed by atoms with Gasteiger partial charge in [0.1, 0.15) is 0 Å². The number of halogens is 3. The van der Waals surface area contributed by atoms with Gasteiger partial charge in [-0.05, 0) is 38.5 Å². The van der Waals surface area contributed by atoms with E-state index in [1.54, 1.807) is 7.05 Å². The predicted octanol–water partition coefficient (Wildman–Crippen LogP) is 3.25. The third-order valence-electron chi connectivity index (χ3n) is 3.81. The van der Waals surface area contributed by atoms with Gasteiger partial charge >= 0.3 is 6.18 Å². The standard InChI is InChI=1S/C14H20F3N3O/c1-5-13(2,3)20(4)12(21)10-8-9(14(15,16)17)6-7-11(10)19-18/h6-8,19H,5,18H2,1-4H3. The number of anilines is 1. The van der Waals surface area contributed by atoms with Crippen LogP contribution < -0.4 is 11.3 Å². The number of rotatable bonds is 4. The van der Waals surface area contributed by atoms with Crippen molar-refractivity contribution >= 4 is 11.6 Å². The Labute approximate surface area is 122 Å². The minimum Gasteiger partial charge on any atom is -0.337 e. The van der Waals surface area contributed by atoms with Crippen LogP contribution in [0, 0.1) is 0 Å². The summed E-state index contributed by atoms with van der Waals surface area (Å²) in [6.45, 7) is 5.58.